The monoisotopic (exact) mass is 702 g/mol. The Balaban J connectivity index is 1.45. The summed E-state index contributed by atoms with van der Waals surface area (Å²) in [7, 11) is 0. The van der Waals surface area contributed by atoms with Gasteiger partial charge in [0.25, 0.3) is 0 Å². The second kappa shape index (κ2) is 20.1. The number of rotatable bonds is 20. The Bertz CT molecular complexity index is 1480. The van der Waals surface area contributed by atoms with Crippen molar-refractivity contribution in [2.75, 3.05) is 37.6 Å². The van der Waals surface area contributed by atoms with Crippen LogP contribution in [0.15, 0.2) is 72.2 Å². The molecule has 0 bridgehead atoms. The Hall–Kier alpha value is -3.93. The van der Waals surface area contributed by atoms with Gasteiger partial charge in [-0.2, -0.15) is 0 Å². The van der Waals surface area contributed by atoms with Gasteiger partial charge in [-0.05, 0) is 55.7 Å². The number of nitrogens with one attached hydrogen (secondary N) is 1. The number of benzene rings is 2. The predicted molar refractivity (Wildman–Crippen MR) is 200 cm³/mol. The van der Waals surface area contributed by atoms with E-state index >= 15 is 0 Å². The van der Waals surface area contributed by atoms with E-state index in [1.807, 2.05) is 84.8 Å². The minimum absolute atomic E-state index is 0.0243. The van der Waals surface area contributed by atoms with Crippen molar-refractivity contribution in [2.45, 2.75) is 77.3 Å². The lowest BCUT2D eigenvalue weighted by Crippen LogP contribution is -2.51. The van der Waals surface area contributed by atoms with Crippen molar-refractivity contribution in [2.24, 2.45) is 29.2 Å². The molecular formula is C39H54N6O4S. The van der Waals surface area contributed by atoms with Crippen molar-refractivity contribution in [1.82, 2.24) is 15.2 Å². The number of Topliss-reactive ketones (excluding diaryl/α,β-unsaturated/α-hetero) is 2. The summed E-state index contributed by atoms with van der Waals surface area (Å²) in [5.74, 6) is -1.82. The van der Waals surface area contributed by atoms with E-state index in [0.717, 1.165) is 29.1 Å². The van der Waals surface area contributed by atoms with Gasteiger partial charge in [-0.15, -0.1) is 11.3 Å². The molecule has 0 saturated carbocycles. The Morgan fingerprint density at radius 3 is 2.04 bits per heavy atom. The molecule has 4 atom stereocenters. The number of hydrogen-bond donors (Lipinski definition) is 3. The number of anilines is 1. The molecule has 2 heterocycles. The van der Waals surface area contributed by atoms with Crippen molar-refractivity contribution in [3.05, 3.63) is 83.4 Å². The van der Waals surface area contributed by atoms with Gasteiger partial charge in [0.2, 0.25) is 11.8 Å². The van der Waals surface area contributed by atoms with Crippen LogP contribution in [0.5, 0.6) is 0 Å². The zero-order chi connectivity index (χ0) is 35.9. The number of nitrogens with two attached hydrogens (primary N) is 2. The number of amides is 2. The first-order valence-corrected chi connectivity index (χ1v) is 18.8. The molecule has 0 radical (unpaired) electrons. The maximum absolute atomic E-state index is 14.1. The zero-order valence-electron chi connectivity index (χ0n) is 29.5. The molecule has 1 aliphatic heterocycles. The third-order valence-electron chi connectivity index (χ3n) is 9.35. The molecule has 1 fully saturated rings. The molecule has 5 N–H and O–H groups in total. The zero-order valence-corrected chi connectivity index (χ0v) is 30.4. The fraction of sp³-hybridized carbons (Fsp3) is 0.513. The van der Waals surface area contributed by atoms with E-state index in [0.29, 0.717) is 58.4 Å². The van der Waals surface area contributed by atoms with E-state index in [1.54, 1.807) is 17.5 Å². The molecule has 1 aliphatic rings. The lowest BCUT2D eigenvalue weighted by molar-refractivity contribution is -0.139. The normalized spacial score (nSPS) is 15.7. The molecular weight excluding hydrogens is 649 g/mol. The third-order valence-corrected chi connectivity index (χ3v) is 10.2. The number of ketones is 2. The van der Waals surface area contributed by atoms with Crippen LogP contribution < -0.4 is 21.7 Å². The van der Waals surface area contributed by atoms with E-state index in [4.69, 9.17) is 11.5 Å². The molecule has 1 aromatic heterocycles. The van der Waals surface area contributed by atoms with Crippen LogP contribution in [0, 0.1) is 17.8 Å². The largest absolute Gasteiger partial charge is 0.346 e. The van der Waals surface area contributed by atoms with Gasteiger partial charge >= 0.3 is 0 Å². The van der Waals surface area contributed by atoms with E-state index in [-0.39, 0.29) is 42.1 Å². The molecule has 4 rings (SSSR count). The molecule has 0 spiro atoms. The van der Waals surface area contributed by atoms with Crippen molar-refractivity contribution in [3.63, 3.8) is 0 Å². The summed E-state index contributed by atoms with van der Waals surface area (Å²) in [5.41, 5.74) is 14.0. The average molecular weight is 703 g/mol. The first kappa shape index (κ1) is 38.9. The molecule has 11 heteroatoms. The summed E-state index contributed by atoms with van der Waals surface area (Å²) >= 11 is 1.58. The quantitative estimate of drug-likeness (QED) is 0.147. The summed E-state index contributed by atoms with van der Waals surface area (Å²) in [6.07, 6.45) is 5.00. The Labute approximate surface area is 301 Å². The van der Waals surface area contributed by atoms with Crippen LogP contribution in [0.3, 0.4) is 0 Å². The highest BCUT2D eigenvalue weighted by molar-refractivity contribution is 7.13. The number of piperazine rings is 1. The molecule has 10 nitrogen and oxygen atoms in total. The number of thiazole rings is 1. The van der Waals surface area contributed by atoms with Gasteiger partial charge < -0.3 is 26.6 Å². The van der Waals surface area contributed by atoms with Crippen LogP contribution in [-0.2, 0) is 32.0 Å². The van der Waals surface area contributed by atoms with Gasteiger partial charge in [0.1, 0.15) is 0 Å². The first-order chi connectivity index (χ1) is 24.1. The van der Waals surface area contributed by atoms with Crippen molar-refractivity contribution in [3.8, 4) is 0 Å². The summed E-state index contributed by atoms with van der Waals surface area (Å²) < 4.78 is 0. The van der Waals surface area contributed by atoms with Crippen LogP contribution in [0.4, 0.5) is 5.13 Å². The highest BCUT2D eigenvalue weighted by Crippen LogP contribution is 2.24. The van der Waals surface area contributed by atoms with Gasteiger partial charge in [-0.1, -0.05) is 80.9 Å². The van der Waals surface area contributed by atoms with Crippen LogP contribution in [0.25, 0.3) is 0 Å². The molecule has 270 valence electrons. The van der Waals surface area contributed by atoms with Gasteiger partial charge in [0, 0.05) is 62.4 Å². The Morgan fingerprint density at radius 1 is 0.840 bits per heavy atom. The van der Waals surface area contributed by atoms with Crippen LogP contribution >= 0.6 is 11.3 Å². The summed E-state index contributed by atoms with van der Waals surface area (Å²) in [6, 6.07) is 17.6. The minimum atomic E-state index is -0.777. The van der Waals surface area contributed by atoms with Crippen LogP contribution in [0.2, 0.25) is 0 Å². The molecule has 50 heavy (non-hydrogen) atoms. The van der Waals surface area contributed by atoms with E-state index in [2.05, 4.69) is 15.2 Å². The smallest absolute Gasteiger partial charge is 0.226 e. The highest BCUT2D eigenvalue weighted by atomic mass is 32.1. The lowest BCUT2D eigenvalue weighted by atomic mass is 9.87. The van der Waals surface area contributed by atoms with Gasteiger partial charge in [-0.3, -0.25) is 19.2 Å². The molecule has 2 aromatic carbocycles. The van der Waals surface area contributed by atoms with Crippen LogP contribution in [0.1, 0.15) is 63.5 Å². The molecule has 3 aromatic rings. The van der Waals surface area contributed by atoms with Gasteiger partial charge in [-0.25, -0.2) is 4.98 Å². The van der Waals surface area contributed by atoms with Crippen LogP contribution in [-0.4, -0.2) is 78.1 Å². The highest BCUT2D eigenvalue weighted by Gasteiger charge is 2.34. The van der Waals surface area contributed by atoms with E-state index in [1.165, 1.54) is 0 Å². The number of carbonyl (C=O) groups excluding carboxylic acids is 4. The predicted octanol–water partition coefficient (Wildman–Crippen LogP) is 4.42. The summed E-state index contributed by atoms with van der Waals surface area (Å²) in [4.78, 5) is 63.8. The maximum atomic E-state index is 14.1. The number of nitrogens with zero attached hydrogens (tertiary/aromatic N) is 3. The maximum Gasteiger partial charge on any atom is 0.226 e. The summed E-state index contributed by atoms with van der Waals surface area (Å²) in [5, 5.41) is 5.93. The third kappa shape index (κ3) is 12.1. The standard InChI is InChI=1S/C39H54N6O4S/c1-28(2)23-34(36(47)26-31(15-9-10-16-40)38(49)44-18-20-45(21-19-44)39-42-17-22-50-39)43-37(48)32(24-29-11-5-3-6-12-29)27-35(46)33(41)25-30-13-7-4-8-14-30/h3-8,11-14,17,22,28,31-34H,9-10,15-16,18-21,23-27,40-41H2,1-2H3,(H,43,48)/t31-,32-,33+,34+/m0/s1. The lowest BCUT2D eigenvalue weighted by Gasteiger charge is -2.36. The van der Waals surface area contributed by atoms with Crippen molar-refractivity contribution in [1.29, 1.82) is 0 Å². The molecule has 0 unspecified atom stereocenters. The fourth-order valence-electron chi connectivity index (χ4n) is 6.55. The SMILES string of the molecule is CC(C)C[C@@H](NC(=O)[C@H](CC(=O)[C@H](N)Cc1ccccc1)Cc1ccccc1)C(=O)C[C@H](CCCCN)C(=O)N1CCN(c2nccs2)CC1. The molecule has 0 aliphatic carbocycles. The topological polar surface area (TPSA) is 152 Å². The Morgan fingerprint density at radius 2 is 1.46 bits per heavy atom. The second-order valence-corrected chi connectivity index (χ2v) is 14.7. The number of aromatic nitrogens is 1. The number of unbranched alkanes of at least 4 members (excludes halogenated alkanes) is 1. The Kier molecular flexibility index (Phi) is 15.6. The first-order valence-electron chi connectivity index (χ1n) is 18.0. The number of hydrogen-bond acceptors (Lipinski definition) is 9. The van der Waals surface area contributed by atoms with E-state index < -0.39 is 23.9 Å². The second-order valence-electron chi connectivity index (χ2n) is 13.8. The minimum Gasteiger partial charge on any atom is -0.346 e. The van der Waals surface area contributed by atoms with Gasteiger partial charge in [0.05, 0.1) is 12.1 Å². The fourth-order valence-corrected chi connectivity index (χ4v) is 7.24. The average Bonchev–Trinajstić information content (AvgIpc) is 3.66. The van der Waals surface area contributed by atoms with Gasteiger partial charge in [0.15, 0.2) is 16.7 Å². The molecule has 1 saturated heterocycles. The van der Waals surface area contributed by atoms with Crippen molar-refractivity contribution >= 4 is 39.8 Å². The van der Waals surface area contributed by atoms with E-state index in [9.17, 15) is 19.2 Å². The summed E-state index contributed by atoms with van der Waals surface area (Å²) in [6.45, 7) is 7.03. The van der Waals surface area contributed by atoms with Crippen molar-refractivity contribution < 1.29 is 19.2 Å². The number of carbonyl (C=O) groups is 4. The molecule has 2 amide bonds.